The van der Waals surface area contributed by atoms with Gasteiger partial charge >= 0.3 is 0 Å². The molecule has 0 saturated heterocycles. The van der Waals surface area contributed by atoms with Crippen LogP contribution in [0.25, 0.3) is 0 Å². The van der Waals surface area contributed by atoms with Crippen LogP contribution in [0, 0.1) is 5.82 Å². The highest BCUT2D eigenvalue weighted by atomic mass is 35.5. The molecule has 17 heavy (non-hydrogen) atoms. The predicted molar refractivity (Wildman–Crippen MR) is 67.9 cm³/mol. The van der Waals surface area contributed by atoms with Crippen LogP contribution in [0.4, 0.5) is 4.39 Å². The van der Waals surface area contributed by atoms with Gasteiger partial charge in [0.2, 0.25) is 0 Å². The zero-order valence-electron chi connectivity index (χ0n) is 8.91. The van der Waals surface area contributed by atoms with Crippen molar-refractivity contribution < 1.29 is 4.39 Å². The number of halogens is 3. The van der Waals surface area contributed by atoms with Crippen LogP contribution >= 0.6 is 23.2 Å². The van der Waals surface area contributed by atoms with Crippen molar-refractivity contribution in [2.24, 2.45) is 0 Å². The Balaban J connectivity index is 2.14. The molecule has 0 bridgehead atoms. The molecule has 1 aromatic carbocycles. The summed E-state index contributed by atoms with van der Waals surface area (Å²) in [4.78, 5) is 3.93. The molecule has 1 heterocycles. The van der Waals surface area contributed by atoms with E-state index in [-0.39, 0.29) is 10.4 Å². The van der Waals surface area contributed by atoms with Crippen molar-refractivity contribution in [3.05, 3.63) is 64.7 Å². The van der Waals surface area contributed by atoms with Crippen molar-refractivity contribution in [3.63, 3.8) is 0 Å². The minimum absolute atomic E-state index is 0.113. The van der Waals surface area contributed by atoms with E-state index >= 15 is 0 Å². The second-order valence-corrected chi connectivity index (χ2v) is 4.63. The number of benzene rings is 1. The van der Waals surface area contributed by atoms with Gasteiger partial charge in [-0.15, -0.1) is 11.6 Å². The highest BCUT2D eigenvalue weighted by Crippen LogP contribution is 2.27. The monoisotopic (exact) mass is 269 g/mol. The van der Waals surface area contributed by atoms with Gasteiger partial charge in [0.1, 0.15) is 5.82 Å². The fourth-order valence-electron chi connectivity index (χ4n) is 1.55. The van der Waals surface area contributed by atoms with Gasteiger partial charge in [0.25, 0.3) is 0 Å². The maximum absolute atomic E-state index is 13.3. The molecule has 1 atom stereocenters. The smallest absolute Gasteiger partial charge is 0.142 e. The van der Waals surface area contributed by atoms with Crippen molar-refractivity contribution >= 4 is 23.2 Å². The van der Waals surface area contributed by atoms with Gasteiger partial charge in [0.05, 0.1) is 10.4 Å². The van der Waals surface area contributed by atoms with Crippen molar-refractivity contribution in [2.75, 3.05) is 0 Å². The second-order valence-electron chi connectivity index (χ2n) is 3.70. The number of alkyl halides is 1. The third-order valence-corrected chi connectivity index (χ3v) is 3.18. The Morgan fingerprint density at radius 1 is 1.18 bits per heavy atom. The van der Waals surface area contributed by atoms with E-state index in [1.165, 1.54) is 12.1 Å². The van der Waals surface area contributed by atoms with E-state index in [1.807, 2.05) is 12.1 Å². The van der Waals surface area contributed by atoms with Crippen LogP contribution in [0.5, 0.6) is 0 Å². The molecule has 4 heteroatoms. The molecular weight excluding hydrogens is 260 g/mol. The van der Waals surface area contributed by atoms with Gasteiger partial charge in [-0.1, -0.05) is 17.7 Å². The van der Waals surface area contributed by atoms with Crippen LogP contribution in [0.15, 0.2) is 42.7 Å². The van der Waals surface area contributed by atoms with E-state index in [2.05, 4.69) is 4.98 Å². The number of hydrogen-bond donors (Lipinski definition) is 0. The van der Waals surface area contributed by atoms with Gasteiger partial charge < -0.3 is 0 Å². The van der Waals surface area contributed by atoms with E-state index in [0.29, 0.717) is 6.42 Å². The lowest BCUT2D eigenvalue weighted by molar-refractivity contribution is 0.625. The zero-order chi connectivity index (χ0) is 12.3. The molecule has 0 amide bonds. The molecule has 0 aliphatic carbocycles. The molecule has 0 saturated carbocycles. The van der Waals surface area contributed by atoms with Crippen LogP contribution < -0.4 is 0 Å². The van der Waals surface area contributed by atoms with E-state index < -0.39 is 5.82 Å². The first-order chi connectivity index (χ1) is 8.16. The Morgan fingerprint density at radius 2 is 1.88 bits per heavy atom. The van der Waals surface area contributed by atoms with Crippen LogP contribution in [-0.4, -0.2) is 4.98 Å². The van der Waals surface area contributed by atoms with Gasteiger partial charge in [-0.3, -0.25) is 4.98 Å². The minimum atomic E-state index is -0.440. The molecule has 0 radical (unpaired) electrons. The highest BCUT2D eigenvalue weighted by Gasteiger charge is 2.11. The third-order valence-electron chi connectivity index (χ3n) is 2.47. The number of hydrogen-bond acceptors (Lipinski definition) is 1. The quantitative estimate of drug-likeness (QED) is 0.753. The number of aromatic nitrogens is 1. The normalized spacial score (nSPS) is 12.4. The first-order valence-corrected chi connectivity index (χ1v) is 5.96. The molecule has 1 aromatic heterocycles. The SMILES string of the molecule is Fc1cc(C(Cl)Cc2ccncc2)ccc1Cl. The Labute approximate surface area is 109 Å². The van der Waals surface area contributed by atoms with Crippen molar-refractivity contribution in [2.45, 2.75) is 11.8 Å². The summed E-state index contributed by atoms with van der Waals surface area (Å²) in [6, 6.07) is 8.42. The molecule has 0 spiro atoms. The predicted octanol–water partition coefficient (Wildman–Crippen LogP) is 4.40. The summed E-state index contributed by atoms with van der Waals surface area (Å²) >= 11 is 11.9. The fraction of sp³-hybridized carbons (Fsp3) is 0.154. The lowest BCUT2D eigenvalue weighted by Gasteiger charge is -2.10. The van der Waals surface area contributed by atoms with E-state index in [0.717, 1.165) is 11.1 Å². The van der Waals surface area contributed by atoms with Crippen LogP contribution in [0.1, 0.15) is 16.5 Å². The van der Waals surface area contributed by atoms with Gasteiger partial charge in [-0.2, -0.15) is 0 Å². The molecule has 0 fully saturated rings. The molecule has 1 unspecified atom stereocenters. The largest absolute Gasteiger partial charge is 0.265 e. The molecule has 2 aromatic rings. The summed E-state index contributed by atoms with van der Waals surface area (Å²) in [6.45, 7) is 0. The first kappa shape index (κ1) is 12.3. The Morgan fingerprint density at radius 3 is 2.53 bits per heavy atom. The lowest BCUT2D eigenvalue weighted by Crippen LogP contribution is -1.97. The summed E-state index contributed by atoms with van der Waals surface area (Å²) < 4.78 is 13.3. The maximum Gasteiger partial charge on any atom is 0.142 e. The molecular formula is C13H10Cl2FN. The molecule has 88 valence electrons. The maximum atomic E-state index is 13.3. The van der Waals surface area contributed by atoms with Crippen molar-refractivity contribution in [1.82, 2.24) is 4.98 Å². The van der Waals surface area contributed by atoms with E-state index in [1.54, 1.807) is 18.5 Å². The zero-order valence-corrected chi connectivity index (χ0v) is 10.4. The van der Waals surface area contributed by atoms with Gasteiger partial charge in [-0.05, 0) is 41.8 Å². The van der Waals surface area contributed by atoms with E-state index in [9.17, 15) is 4.39 Å². The number of pyridine rings is 1. The summed E-state index contributed by atoms with van der Waals surface area (Å²) in [6.07, 6.45) is 4.05. The Bertz CT molecular complexity index is 502. The van der Waals surface area contributed by atoms with Crippen LogP contribution in [0.3, 0.4) is 0 Å². The van der Waals surface area contributed by atoms with Crippen molar-refractivity contribution in [3.8, 4) is 0 Å². The Hall–Kier alpha value is -1.12. The molecule has 0 aliphatic rings. The number of nitrogens with zero attached hydrogens (tertiary/aromatic N) is 1. The first-order valence-electron chi connectivity index (χ1n) is 5.15. The minimum Gasteiger partial charge on any atom is -0.265 e. The van der Waals surface area contributed by atoms with Gasteiger partial charge in [0.15, 0.2) is 0 Å². The molecule has 2 rings (SSSR count). The Kier molecular flexibility index (Phi) is 3.97. The molecule has 1 nitrogen and oxygen atoms in total. The second kappa shape index (κ2) is 5.48. The summed E-state index contributed by atoms with van der Waals surface area (Å²) in [5.74, 6) is -0.440. The summed E-state index contributed by atoms with van der Waals surface area (Å²) in [5.41, 5.74) is 1.79. The van der Waals surface area contributed by atoms with E-state index in [4.69, 9.17) is 23.2 Å². The van der Waals surface area contributed by atoms with Crippen LogP contribution in [0.2, 0.25) is 5.02 Å². The third kappa shape index (κ3) is 3.18. The average molecular weight is 270 g/mol. The summed E-state index contributed by atoms with van der Waals surface area (Å²) in [7, 11) is 0. The van der Waals surface area contributed by atoms with Gasteiger partial charge in [-0.25, -0.2) is 4.39 Å². The highest BCUT2D eigenvalue weighted by molar-refractivity contribution is 6.30. The standard InChI is InChI=1S/C13H10Cl2FN/c14-11-2-1-10(8-13(11)16)12(15)7-9-3-5-17-6-4-9/h1-6,8,12H,7H2. The molecule has 0 aliphatic heterocycles. The fourth-order valence-corrected chi connectivity index (χ4v) is 1.98. The van der Waals surface area contributed by atoms with Crippen LogP contribution in [-0.2, 0) is 6.42 Å². The average Bonchev–Trinajstić information content (AvgIpc) is 2.34. The van der Waals surface area contributed by atoms with Crippen molar-refractivity contribution in [1.29, 1.82) is 0 Å². The number of rotatable bonds is 3. The molecule has 0 N–H and O–H groups in total. The topological polar surface area (TPSA) is 12.9 Å². The van der Waals surface area contributed by atoms with Gasteiger partial charge in [0, 0.05) is 12.4 Å². The lowest BCUT2D eigenvalue weighted by atomic mass is 10.0. The summed E-state index contributed by atoms with van der Waals surface area (Å²) in [5, 5.41) is -0.161.